The van der Waals surface area contributed by atoms with E-state index in [4.69, 9.17) is 23.2 Å². The molecule has 2 nitrogen and oxygen atoms in total. The van der Waals surface area contributed by atoms with Crippen molar-refractivity contribution in [1.82, 2.24) is 5.32 Å². The van der Waals surface area contributed by atoms with Crippen LogP contribution in [0.4, 0.5) is 0 Å². The van der Waals surface area contributed by atoms with E-state index in [1.54, 1.807) is 0 Å². The van der Waals surface area contributed by atoms with E-state index in [1.807, 2.05) is 6.92 Å². The molecule has 0 unspecified atom stereocenters. The van der Waals surface area contributed by atoms with E-state index in [9.17, 15) is 4.79 Å². The van der Waals surface area contributed by atoms with Crippen LogP contribution in [0, 0.1) is 29.6 Å². The first-order chi connectivity index (χ1) is 9.60. The monoisotopic (exact) mass is 317 g/mol. The van der Waals surface area contributed by atoms with Crippen LogP contribution >= 0.6 is 23.2 Å². The van der Waals surface area contributed by atoms with Crippen molar-refractivity contribution < 1.29 is 4.79 Å². The number of halogens is 2. The summed E-state index contributed by atoms with van der Waals surface area (Å²) < 4.78 is 0. The SMILES string of the molecule is CCC(CCl)(CCl)NC(=O)C1C2CC3CC(C2)CC1C3. The van der Waals surface area contributed by atoms with Crippen LogP contribution in [-0.2, 0) is 4.79 Å². The van der Waals surface area contributed by atoms with Crippen molar-refractivity contribution in [2.45, 2.75) is 51.0 Å². The highest BCUT2D eigenvalue weighted by molar-refractivity contribution is 6.22. The Labute approximate surface area is 132 Å². The second kappa shape index (κ2) is 5.68. The standard InChI is InChI=1S/C16H25Cl2NO/c1-2-16(8-17,9-18)19-15(20)14-12-4-10-3-11(6-12)7-13(14)5-10/h10-14H,2-9H2,1H3,(H,19,20). The number of amides is 1. The van der Waals surface area contributed by atoms with Crippen LogP contribution in [0.25, 0.3) is 0 Å². The first-order valence-electron chi connectivity index (χ1n) is 8.04. The maximum Gasteiger partial charge on any atom is 0.224 e. The third-order valence-corrected chi connectivity index (χ3v) is 7.13. The maximum atomic E-state index is 12.8. The van der Waals surface area contributed by atoms with Gasteiger partial charge in [-0.15, -0.1) is 23.2 Å². The zero-order chi connectivity index (χ0) is 14.3. The highest BCUT2D eigenvalue weighted by Crippen LogP contribution is 2.56. The Balaban J connectivity index is 1.71. The zero-order valence-corrected chi connectivity index (χ0v) is 13.7. The van der Waals surface area contributed by atoms with Gasteiger partial charge in [0.05, 0.1) is 5.54 Å². The Morgan fingerprint density at radius 1 is 1.05 bits per heavy atom. The molecule has 0 heterocycles. The van der Waals surface area contributed by atoms with E-state index < -0.39 is 5.54 Å². The van der Waals surface area contributed by atoms with E-state index in [0.29, 0.717) is 23.6 Å². The zero-order valence-electron chi connectivity index (χ0n) is 12.2. The largest absolute Gasteiger partial charge is 0.348 e. The van der Waals surface area contributed by atoms with Gasteiger partial charge in [0, 0.05) is 17.7 Å². The molecule has 1 N–H and O–H groups in total. The summed E-state index contributed by atoms with van der Waals surface area (Å²) in [4.78, 5) is 12.8. The van der Waals surface area contributed by atoms with Gasteiger partial charge in [-0.05, 0) is 62.2 Å². The quantitative estimate of drug-likeness (QED) is 0.768. The van der Waals surface area contributed by atoms with E-state index >= 15 is 0 Å². The van der Waals surface area contributed by atoms with E-state index in [2.05, 4.69) is 5.32 Å². The molecular weight excluding hydrogens is 293 g/mol. The number of hydrogen-bond donors (Lipinski definition) is 1. The van der Waals surface area contributed by atoms with Gasteiger partial charge in [-0.3, -0.25) is 4.79 Å². The Hall–Kier alpha value is 0.0500. The molecule has 4 aliphatic rings. The lowest BCUT2D eigenvalue weighted by Gasteiger charge is -2.54. The molecule has 4 saturated carbocycles. The predicted molar refractivity (Wildman–Crippen MR) is 83.1 cm³/mol. The molecule has 0 radical (unpaired) electrons. The summed E-state index contributed by atoms with van der Waals surface area (Å²) in [6.45, 7) is 2.04. The van der Waals surface area contributed by atoms with Crippen molar-refractivity contribution in [3.05, 3.63) is 0 Å². The van der Waals surface area contributed by atoms with Crippen LogP contribution in [0.3, 0.4) is 0 Å². The van der Waals surface area contributed by atoms with Gasteiger partial charge >= 0.3 is 0 Å². The average molecular weight is 318 g/mol. The molecule has 0 aliphatic heterocycles. The predicted octanol–water partition coefficient (Wildman–Crippen LogP) is 3.80. The van der Waals surface area contributed by atoms with Gasteiger partial charge in [0.1, 0.15) is 0 Å². The minimum atomic E-state index is -0.422. The molecule has 4 heteroatoms. The summed E-state index contributed by atoms with van der Waals surface area (Å²) in [5.41, 5.74) is -0.422. The van der Waals surface area contributed by atoms with Crippen LogP contribution in [0.2, 0.25) is 0 Å². The van der Waals surface area contributed by atoms with Crippen LogP contribution in [0.5, 0.6) is 0 Å². The Morgan fingerprint density at radius 2 is 1.55 bits per heavy atom. The fraction of sp³-hybridized carbons (Fsp3) is 0.938. The van der Waals surface area contributed by atoms with Gasteiger partial charge < -0.3 is 5.32 Å². The van der Waals surface area contributed by atoms with Crippen LogP contribution in [-0.4, -0.2) is 23.2 Å². The van der Waals surface area contributed by atoms with Gasteiger partial charge in [-0.25, -0.2) is 0 Å². The number of carbonyl (C=O) groups is 1. The van der Waals surface area contributed by atoms with Gasteiger partial charge in [0.15, 0.2) is 0 Å². The molecule has 4 rings (SSSR count). The van der Waals surface area contributed by atoms with E-state index in [0.717, 1.165) is 18.3 Å². The Morgan fingerprint density at radius 3 is 1.95 bits per heavy atom. The lowest BCUT2D eigenvalue weighted by Crippen LogP contribution is -2.58. The maximum absolute atomic E-state index is 12.8. The molecule has 20 heavy (non-hydrogen) atoms. The van der Waals surface area contributed by atoms with Gasteiger partial charge in [0.2, 0.25) is 5.91 Å². The molecule has 0 atom stereocenters. The minimum absolute atomic E-state index is 0.222. The first kappa shape index (κ1) is 15.0. The minimum Gasteiger partial charge on any atom is -0.348 e. The summed E-state index contributed by atoms with van der Waals surface area (Å²) in [7, 11) is 0. The topological polar surface area (TPSA) is 29.1 Å². The summed E-state index contributed by atoms with van der Waals surface area (Å²) in [5, 5.41) is 3.20. The fourth-order valence-electron chi connectivity index (χ4n) is 5.08. The Bertz CT molecular complexity index is 344. The summed E-state index contributed by atoms with van der Waals surface area (Å²) in [5.74, 6) is 4.27. The van der Waals surface area contributed by atoms with E-state index in [1.165, 1.54) is 32.1 Å². The molecule has 4 aliphatic carbocycles. The smallest absolute Gasteiger partial charge is 0.224 e. The van der Waals surface area contributed by atoms with Gasteiger partial charge in [-0.2, -0.15) is 0 Å². The van der Waals surface area contributed by atoms with E-state index in [-0.39, 0.29) is 11.8 Å². The highest BCUT2D eigenvalue weighted by Gasteiger charge is 2.51. The first-order valence-corrected chi connectivity index (χ1v) is 9.11. The van der Waals surface area contributed by atoms with Gasteiger partial charge in [-0.1, -0.05) is 6.92 Å². The van der Waals surface area contributed by atoms with Crippen molar-refractivity contribution in [3.63, 3.8) is 0 Å². The second-order valence-corrected chi connectivity index (χ2v) is 7.88. The molecule has 4 bridgehead atoms. The number of carbonyl (C=O) groups excluding carboxylic acids is 1. The van der Waals surface area contributed by atoms with Crippen molar-refractivity contribution in [2.24, 2.45) is 29.6 Å². The number of alkyl halides is 2. The Kier molecular flexibility index (Phi) is 4.25. The summed E-state index contributed by atoms with van der Waals surface area (Å²) >= 11 is 12.1. The molecule has 114 valence electrons. The third kappa shape index (κ3) is 2.47. The average Bonchev–Trinajstić information content (AvgIpc) is 2.44. The van der Waals surface area contributed by atoms with Crippen LogP contribution < -0.4 is 5.32 Å². The van der Waals surface area contributed by atoms with Crippen molar-refractivity contribution in [3.8, 4) is 0 Å². The van der Waals surface area contributed by atoms with Crippen molar-refractivity contribution in [1.29, 1.82) is 0 Å². The van der Waals surface area contributed by atoms with Crippen molar-refractivity contribution >= 4 is 29.1 Å². The molecule has 1 amide bonds. The highest BCUT2D eigenvalue weighted by atomic mass is 35.5. The molecular formula is C16H25Cl2NO. The lowest BCUT2D eigenvalue weighted by molar-refractivity contribution is -0.139. The summed E-state index contributed by atoms with van der Waals surface area (Å²) in [6, 6.07) is 0. The number of rotatable bonds is 5. The molecule has 0 aromatic rings. The van der Waals surface area contributed by atoms with Crippen LogP contribution in [0.15, 0.2) is 0 Å². The molecule has 0 saturated heterocycles. The fourth-order valence-corrected chi connectivity index (χ4v) is 5.88. The second-order valence-electron chi connectivity index (χ2n) is 7.35. The third-order valence-electron chi connectivity index (χ3n) is 6.11. The molecule has 0 aromatic carbocycles. The normalized spacial score (nSPS) is 39.0. The van der Waals surface area contributed by atoms with Gasteiger partial charge in [0.25, 0.3) is 0 Å². The van der Waals surface area contributed by atoms with Crippen LogP contribution in [0.1, 0.15) is 45.4 Å². The number of hydrogen-bond acceptors (Lipinski definition) is 1. The summed E-state index contributed by atoms with van der Waals surface area (Å²) in [6.07, 6.45) is 7.29. The number of nitrogens with one attached hydrogen (secondary N) is 1. The lowest BCUT2D eigenvalue weighted by atomic mass is 9.51. The molecule has 0 spiro atoms. The molecule has 0 aromatic heterocycles. The van der Waals surface area contributed by atoms with Crippen molar-refractivity contribution in [2.75, 3.05) is 11.8 Å². The molecule has 4 fully saturated rings.